The van der Waals surface area contributed by atoms with E-state index in [4.69, 9.17) is 0 Å². The van der Waals surface area contributed by atoms with Crippen molar-refractivity contribution in [1.82, 2.24) is 19.7 Å². The van der Waals surface area contributed by atoms with Crippen molar-refractivity contribution < 1.29 is 4.79 Å². The second-order valence-electron chi connectivity index (χ2n) is 5.98. The highest BCUT2D eigenvalue weighted by atomic mass is 79.9. The molecule has 4 rings (SSSR count). The lowest BCUT2D eigenvalue weighted by atomic mass is 10.2. The molecular weight excluding hydrogens is 426 g/mol. The van der Waals surface area contributed by atoms with Gasteiger partial charge < -0.3 is 5.32 Å². The van der Waals surface area contributed by atoms with Crippen LogP contribution in [-0.4, -0.2) is 25.7 Å². The summed E-state index contributed by atoms with van der Waals surface area (Å²) in [4.78, 5) is 21.0. The number of carbonyl (C=O) groups is 1. The predicted molar refractivity (Wildman–Crippen MR) is 110 cm³/mol. The third-order valence-corrected chi connectivity index (χ3v) is 5.62. The molecule has 0 fully saturated rings. The van der Waals surface area contributed by atoms with E-state index < -0.39 is 0 Å². The largest absolute Gasteiger partial charge is 0.324 e. The van der Waals surface area contributed by atoms with Gasteiger partial charge in [0.05, 0.1) is 26.6 Å². The van der Waals surface area contributed by atoms with Crippen LogP contribution in [0.15, 0.2) is 59.6 Å². The molecule has 0 radical (unpaired) electrons. The minimum Gasteiger partial charge on any atom is -0.324 e. The molecule has 0 saturated heterocycles. The fourth-order valence-electron chi connectivity index (χ4n) is 2.78. The molecule has 6 nitrogen and oxygen atoms in total. The third kappa shape index (κ3) is 4.23. The summed E-state index contributed by atoms with van der Waals surface area (Å²) in [5, 5.41) is 8.18. The predicted octanol–water partition coefficient (Wildman–Crippen LogP) is 4.60. The summed E-state index contributed by atoms with van der Waals surface area (Å²) < 4.78 is 3.70. The number of aryl methyl sites for hydroxylation is 1. The first kappa shape index (κ1) is 17.8. The zero-order chi connectivity index (χ0) is 18.6. The van der Waals surface area contributed by atoms with Crippen LogP contribution in [0.4, 0.5) is 5.69 Å². The van der Waals surface area contributed by atoms with Gasteiger partial charge in [-0.1, -0.05) is 28.1 Å². The van der Waals surface area contributed by atoms with Gasteiger partial charge in [0.25, 0.3) is 0 Å². The van der Waals surface area contributed by atoms with Gasteiger partial charge in [-0.25, -0.2) is 14.6 Å². The SMILES string of the molecule is O=C(CCCc1nc2ccccc2s1)Nc1cc(Br)ccc1-n1cncn1. The molecule has 0 aliphatic carbocycles. The van der Waals surface area contributed by atoms with Crippen LogP contribution in [0.5, 0.6) is 0 Å². The Bertz CT molecular complexity index is 1040. The van der Waals surface area contributed by atoms with Gasteiger partial charge in [-0.2, -0.15) is 5.10 Å². The van der Waals surface area contributed by atoms with Crippen molar-refractivity contribution in [2.45, 2.75) is 19.3 Å². The van der Waals surface area contributed by atoms with Crippen molar-refractivity contribution in [1.29, 1.82) is 0 Å². The number of aromatic nitrogens is 4. The average molecular weight is 442 g/mol. The second kappa shape index (κ2) is 7.98. The van der Waals surface area contributed by atoms with Gasteiger partial charge >= 0.3 is 0 Å². The molecule has 0 saturated carbocycles. The highest BCUT2D eigenvalue weighted by Gasteiger charge is 2.11. The van der Waals surface area contributed by atoms with Gasteiger partial charge in [-0.05, 0) is 43.2 Å². The summed E-state index contributed by atoms with van der Waals surface area (Å²) in [5.41, 5.74) is 2.49. The lowest BCUT2D eigenvalue weighted by molar-refractivity contribution is -0.116. The van der Waals surface area contributed by atoms with Crippen molar-refractivity contribution in [2.75, 3.05) is 5.32 Å². The van der Waals surface area contributed by atoms with Gasteiger partial charge in [-0.15, -0.1) is 11.3 Å². The number of halogens is 1. The number of anilines is 1. The Morgan fingerprint density at radius 3 is 2.93 bits per heavy atom. The Balaban J connectivity index is 1.39. The number of hydrogen-bond donors (Lipinski definition) is 1. The van der Waals surface area contributed by atoms with Crippen molar-refractivity contribution in [3.63, 3.8) is 0 Å². The van der Waals surface area contributed by atoms with Crippen molar-refractivity contribution >= 4 is 49.1 Å². The van der Waals surface area contributed by atoms with E-state index in [9.17, 15) is 4.79 Å². The molecule has 27 heavy (non-hydrogen) atoms. The molecule has 136 valence electrons. The van der Waals surface area contributed by atoms with Crippen LogP contribution in [0.2, 0.25) is 0 Å². The lowest BCUT2D eigenvalue weighted by Crippen LogP contribution is -2.13. The van der Waals surface area contributed by atoms with E-state index in [-0.39, 0.29) is 5.91 Å². The highest BCUT2D eigenvalue weighted by molar-refractivity contribution is 9.10. The first-order valence-corrected chi connectivity index (χ1v) is 10.1. The molecule has 0 bridgehead atoms. The van der Waals surface area contributed by atoms with Gasteiger partial charge in [0.2, 0.25) is 5.91 Å². The van der Waals surface area contributed by atoms with E-state index in [0.29, 0.717) is 12.1 Å². The van der Waals surface area contributed by atoms with E-state index in [0.717, 1.165) is 33.5 Å². The lowest BCUT2D eigenvalue weighted by Gasteiger charge is -2.11. The minimum absolute atomic E-state index is 0.0319. The average Bonchev–Trinajstić information content (AvgIpc) is 3.31. The molecule has 2 heterocycles. The van der Waals surface area contributed by atoms with Crippen LogP contribution >= 0.6 is 27.3 Å². The Morgan fingerprint density at radius 1 is 1.22 bits per heavy atom. The Hall–Kier alpha value is -2.58. The molecule has 1 amide bonds. The maximum absolute atomic E-state index is 12.4. The van der Waals surface area contributed by atoms with Crippen molar-refractivity contribution in [3.05, 3.63) is 64.6 Å². The van der Waals surface area contributed by atoms with Crippen molar-refractivity contribution in [3.8, 4) is 5.69 Å². The number of rotatable bonds is 6. The minimum atomic E-state index is -0.0319. The number of thiazole rings is 1. The summed E-state index contributed by atoms with van der Waals surface area (Å²) >= 11 is 5.13. The maximum Gasteiger partial charge on any atom is 0.224 e. The van der Waals surface area contributed by atoms with E-state index in [2.05, 4.69) is 42.4 Å². The van der Waals surface area contributed by atoms with Gasteiger partial charge in [-0.3, -0.25) is 4.79 Å². The molecule has 0 atom stereocenters. The summed E-state index contributed by atoms with van der Waals surface area (Å²) in [6.07, 6.45) is 5.04. The number of benzene rings is 2. The molecule has 1 N–H and O–H groups in total. The van der Waals surface area contributed by atoms with Crippen LogP contribution in [-0.2, 0) is 11.2 Å². The number of carbonyl (C=O) groups excluding carboxylic acids is 1. The summed E-state index contributed by atoms with van der Waals surface area (Å²) in [6, 6.07) is 13.7. The second-order valence-corrected chi connectivity index (χ2v) is 8.01. The number of para-hydroxylation sites is 1. The monoisotopic (exact) mass is 441 g/mol. The summed E-state index contributed by atoms with van der Waals surface area (Å²) in [5.74, 6) is -0.0319. The van der Waals surface area contributed by atoms with E-state index in [1.807, 2.05) is 36.4 Å². The van der Waals surface area contributed by atoms with Crippen LogP contribution in [0.3, 0.4) is 0 Å². The molecule has 0 aliphatic heterocycles. The van der Waals surface area contributed by atoms with E-state index in [1.165, 1.54) is 11.0 Å². The Kier molecular flexibility index (Phi) is 5.26. The van der Waals surface area contributed by atoms with E-state index >= 15 is 0 Å². The van der Waals surface area contributed by atoms with Crippen LogP contribution < -0.4 is 5.32 Å². The third-order valence-electron chi connectivity index (χ3n) is 4.03. The zero-order valence-corrected chi connectivity index (χ0v) is 16.7. The van der Waals surface area contributed by atoms with Crippen molar-refractivity contribution in [2.24, 2.45) is 0 Å². The highest BCUT2D eigenvalue weighted by Crippen LogP contribution is 2.25. The zero-order valence-electron chi connectivity index (χ0n) is 14.3. The number of fused-ring (bicyclic) bond motifs is 1. The molecule has 0 unspecified atom stereocenters. The van der Waals surface area contributed by atoms with Gasteiger partial charge in [0, 0.05) is 10.9 Å². The number of nitrogens with one attached hydrogen (secondary N) is 1. The standard InChI is InChI=1S/C19H16BrN5OS/c20-13-8-9-16(25-12-21-11-22-25)15(10-13)23-18(26)6-3-7-19-24-14-4-1-2-5-17(14)27-19/h1-2,4-5,8-12H,3,6-7H2,(H,23,26). The number of amides is 1. The first-order valence-electron chi connectivity index (χ1n) is 8.48. The quantitative estimate of drug-likeness (QED) is 0.474. The van der Waals surface area contributed by atoms with Crippen LogP contribution in [0.1, 0.15) is 17.8 Å². The number of hydrogen-bond acceptors (Lipinski definition) is 5. The van der Waals surface area contributed by atoms with Crippen LogP contribution in [0.25, 0.3) is 15.9 Å². The number of nitrogens with zero attached hydrogens (tertiary/aromatic N) is 4. The maximum atomic E-state index is 12.4. The molecule has 0 spiro atoms. The molecular formula is C19H16BrN5OS. The molecule has 2 aromatic carbocycles. The van der Waals surface area contributed by atoms with Crippen LogP contribution in [0, 0.1) is 0 Å². The first-order chi connectivity index (χ1) is 13.2. The molecule has 0 aliphatic rings. The normalized spacial score (nSPS) is 11.0. The summed E-state index contributed by atoms with van der Waals surface area (Å²) in [7, 11) is 0. The Morgan fingerprint density at radius 2 is 2.11 bits per heavy atom. The summed E-state index contributed by atoms with van der Waals surface area (Å²) in [6.45, 7) is 0. The smallest absolute Gasteiger partial charge is 0.224 e. The molecule has 4 aromatic rings. The van der Waals surface area contributed by atoms with E-state index in [1.54, 1.807) is 22.3 Å². The fourth-order valence-corrected chi connectivity index (χ4v) is 4.15. The topological polar surface area (TPSA) is 72.7 Å². The fraction of sp³-hybridized carbons (Fsp3) is 0.158. The molecule has 8 heteroatoms. The van der Waals surface area contributed by atoms with Gasteiger partial charge in [0.15, 0.2) is 0 Å². The molecule has 2 aromatic heterocycles. The van der Waals surface area contributed by atoms with Gasteiger partial charge in [0.1, 0.15) is 12.7 Å². The Labute approximate surface area is 168 Å².